The number of rotatable bonds is 6. The van der Waals surface area contributed by atoms with Crippen LogP contribution in [0.5, 0.6) is 5.88 Å². The summed E-state index contributed by atoms with van der Waals surface area (Å²) in [7, 11) is 5.86. The summed E-state index contributed by atoms with van der Waals surface area (Å²) in [5.74, 6) is 1.58. The third-order valence-electron chi connectivity index (χ3n) is 9.02. The summed E-state index contributed by atoms with van der Waals surface area (Å²) in [6, 6.07) is 2.15. The van der Waals surface area contributed by atoms with E-state index in [0.29, 0.717) is 36.9 Å². The summed E-state index contributed by atoms with van der Waals surface area (Å²) in [6.45, 7) is 13.7. The van der Waals surface area contributed by atoms with Crippen molar-refractivity contribution in [3.05, 3.63) is 18.1 Å². The van der Waals surface area contributed by atoms with E-state index >= 15 is 0 Å². The highest BCUT2D eigenvalue weighted by Crippen LogP contribution is 2.52. The third-order valence-corrected chi connectivity index (χ3v) is 9.02. The van der Waals surface area contributed by atoms with Crippen LogP contribution in [0.3, 0.4) is 0 Å². The van der Waals surface area contributed by atoms with Gasteiger partial charge in [-0.1, -0.05) is 0 Å². The van der Waals surface area contributed by atoms with E-state index in [2.05, 4.69) is 33.4 Å². The zero-order valence-electron chi connectivity index (χ0n) is 27.9. The highest BCUT2D eigenvalue weighted by molar-refractivity contribution is 6.08. The van der Waals surface area contributed by atoms with Crippen molar-refractivity contribution in [2.24, 2.45) is 5.92 Å². The van der Waals surface area contributed by atoms with Crippen molar-refractivity contribution < 1.29 is 24.2 Å². The Morgan fingerprint density at radius 2 is 1.69 bits per heavy atom. The number of hydrogen-bond acceptors (Lipinski definition) is 10. The van der Waals surface area contributed by atoms with E-state index in [4.69, 9.17) is 19.4 Å². The normalized spacial score (nSPS) is 21.8. The molecule has 4 fully saturated rings. The van der Waals surface area contributed by atoms with Crippen LogP contribution in [-0.4, -0.2) is 122 Å². The number of aromatic nitrogens is 4. The van der Waals surface area contributed by atoms with Gasteiger partial charge in [0.1, 0.15) is 28.1 Å². The standard InChI is InChI=1S/C32H46N8O5/c1-31(2,3)44-29(42)37(9)13-11-22-34-24-26(40(22)25-18-14-21(25)39(15-18)30(43)45-32(4,5)6)20-10-12-33-28(41)23(20)35-27(24)38-16-19(17-38)36(7)8/h10,12,18-19,21,25H,11,13-17H2,1-9H3,(H,33,41). The molecule has 0 spiro atoms. The quantitative estimate of drug-likeness (QED) is 0.430. The lowest BCUT2D eigenvalue weighted by Crippen LogP contribution is -2.57. The summed E-state index contributed by atoms with van der Waals surface area (Å²) in [6.07, 6.45) is 2.21. The first kappa shape index (κ1) is 31.1. The average molecular weight is 623 g/mol. The number of anilines is 1. The van der Waals surface area contributed by atoms with Crippen LogP contribution in [-0.2, 0) is 15.9 Å². The molecule has 7 rings (SSSR count). The molecule has 0 radical (unpaired) electrons. The minimum atomic E-state index is -0.605. The summed E-state index contributed by atoms with van der Waals surface area (Å²) in [5.41, 5.74) is 0.826. The maximum absolute atomic E-state index is 13.3. The topological polar surface area (TPSA) is 129 Å². The maximum atomic E-state index is 13.3. The number of hydrogen-bond donors (Lipinski definition) is 1. The molecule has 45 heavy (non-hydrogen) atoms. The van der Waals surface area contributed by atoms with Gasteiger partial charge in [-0.2, -0.15) is 0 Å². The van der Waals surface area contributed by atoms with E-state index in [9.17, 15) is 14.7 Å². The Balaban J connectivity index is 1.45. The lowest BCUT2D eigenvalue weighted by Gasteiger charge is -2.43. The number of ether oxygens (including phenoxy) is 2. The molecule has 3 atom stereocenters. The van der Waals surface area contributed by atoms with Crippen molar-refractivity contribution >= 4 is 39.9 Å². The molecule has 3 aromatic rings. The fourth-order valence-electron chi connectivity index (χ4n) is 6.67. The number of carbonyl (C=O) groups is 2. The smallest absolute Gasteiger partial charge is 0.410 e. The lowest BCUT2D eigenvalue weighted by molar-refractivity contribution is 0.0206. The van der Waals surface area contributed by atoms with Crippen LogP contribution in [0.2, 0.25) is 0 Å². The van der Waals surface area contributed by atoms with Crippen LogP contribution in [0.25, 0.3) is 21.9 Å². The van der Waals surface area contributed by atoms with Crippen LogP contribution >= 0.6 is 0 Å². The Bertz CT molecular complexity index is 1630. The number of nitrogens with zero attached hydrogens (tertiary/aromatic N) is 8. The van der Waals surface area contributed by atoms with E-state index in [0.717, 1.165) is 41.8 Å². The minimum absolute atomic E-state index is 0.0379. The van der Waals surface area contributed by atoms with E-state index in [1.807, 2.05) is 52.5 Å². The van der Waals surface area contributed by atoms with Gasteiger partial charge in [-0.05, 0) is 68.1 Å². The second-order valence-electron chi connectivity index (χ2n) is 14.9. The van der Waals surface area contributed by atoms with Crippen molar-refractivity contribution in [3.63, 3.8) is 0 Å². The molecule has 13 heteroatoms. The summed E-state index contributed by atoms with van der Waals surface area (Å²) < 4.78 is 13.6. The molecule has 1 aliphatic carbocycles. The molecule has 3 unspecified atom stereocenters. The van der Waals surface area contributed by atoms with Gasteiger partial charge in [-0.3, -0.25) is 0 Å². The van der Waals surface area contributed by atoms with Gasteiger partial charge in [-0.25, -0.2) is 24.5 Å². The molecule has 0 aromatic carbocycles. The first-order chi connectivity index (χ1) is 21.0. The van der Waals surface area contributed by atoms with Gasteiger partial charge in [0, 0.05) is 63.2 Å². The Morgan fingerprint density at radius 1 is 1.00 bits per heavy atom. The summed E-state index contributed by atoms with van der Waals surface area (Å²) >= 11 is 0. The SMILES string of the molecule is CN(CCc1nc2c(N3CC(N(C)C)C3)nc3c(O)nccc3c2n1C1C2CC1N(C(=O)OC(C)(C)C)C2)C(=O)OC(C)(C)C. The number of carbonyl (C=O) groups excluding carboxylic acids is 2. The summed E-state index contributed by atoms with van der Waals surface area (Å²) in [4.78, 5) is 48.2. The predicted octanol–water partition coefficient (Wildman–Crippen LogP) is 4.03. The summed E-state index contributed by atoms with van der Waals surface area (Å²) in [5, 5.41) is 11.6. The van der Waals surface area contributed by atoms with Crippen molar-refractivity contribution in [3.8, 4) is 5.88 Å². The van der Waals surface area contributed by atoms with Gasteiger partial charge in [-0.15, -0.1) is 0 Å². The van der Waals surface area contributed by atoms with Crippen LogP contribution in [0.1, 0.15) is 59.8 Å². The number of fused-ring (bicyclic) bond motifs is 4. The molecule has 244 valence electrons. The van der Waals surface area contributed by atoms with Gasteiger partial charge < -0.3 is 38.7 Å². The number of pyridine rings is 2. The maximum Gasteiger partial charge on any atom is 0.410 e. The van der Waals surface area contributed by atoms with E-state index < -0.39 is 17.3 Å². The molecule has 3 aliphatic heterocycles. The number of imidazole rings is 1. The molecular formula is C32H46N8O5. The molecule has 1 saturated carbocycles. The Labute approximate surface area is 264 Å². The van der Waals surface area contributed by atoms with E-state index in [1.165, 1.54) is 0 Å². The first-order valence-electron chi connectivity index (χ1n) is 15.8. The molecule has 2 bridgehead atoms. The molecule has 3 aromatic heterocycles. The Kier molecular flexibility index (Phi) is 7.53. The van der Waals surface area contributed by atoms with Gasteiger partial charge in [0.05, 0.1) is 17.6 Å². The second kappa shape index (κ2) is 10.9. The third kappa shape index (κ3) is 5.70. The van der Waals surface area contributed by atoms with Crippen molar-refractivity contribution in [2.45, 2.75) is 83.7 Å². The van der Waals surface area contributed by atoms with Crippen molar-refractivity contribution in [1.29, 1.82) is 0 Å². The number of likely N-dealkylation sites (N-methyl/N-ethyl adjacent to an activating group) is 2. The zero-order valence-corrected chi connectivity index (χ0v) is 27.9. The number of aromatic hydroxyl groups is 1. The fraction of sp³-hybridized carbons (Fsp3) is 0.656. The van der Waals surface area contributed by atoms with Crippen LogP contribution < -0.4 is 4.90 Å². The van der Waals surface area contributed by atoms with Gasteiger partial charge in [0.15, 0.2) is 5.82 Å². The van der Waals surface area contributed by atoms with Crippen LogP contribution in [0.15, 0.2) is 12.3 Å². The number of amides is 2. The first-order valence-corrected chi connectivity index (χ1v) is 15.8. The van der Waals surface area contributed by atoms with E-state index in [-0.39, 0.29) is 30.0 Å². The highest BCUT2D eigenvalue weighted by Gasteiger charge is 2.56. The molecule has 2 amide bonds. The molecule has 6 heterocycles. The average Bonchev–Trinajstić information content (AvgIpc) is 3.58. The molecule has 3 saturated heterocycles. The van der Waals surface area contributed by atoms with E-state index in [1.54, 1.807) is 18.1 Å². The molecule has 1 N–H and O–H groups in total. The van der Waals surface area contributed by atoms with Crippen molar-refractivity contribution in [1.82, 2.24) is 34.2 Å². The minimum Gasteiger partial charge on any atom is -0.492 e. The fourth-order valence-corrected chi connectivity index (χ4v) is 6.67. The molecule has 13 nitrogen and oxygen atoms in total. The lowest BCUT2D eigenvalue weighted by atomic mass is 9.79. The monoisotopic (exact) mass is 622 g/mol. The zero-order chi connectivity index (χ0) is 32.6. The predicted molar refractivity (Wildman–Crippen MR) is 171 cm³/mol. The highest BCUT2D eigenvalue weighted by atomic mass is 16.6. The Hall–Kier alpha value is -3.87. The van der Waals surface area contributed by atoms with Crippen LogP contribution in [0.4, 0.5) is 15.4 Å². The largest absolute Gasteiger partial charge is 0.492 e. The van der Waals surface area contributed by atoms with Crippen molar-refractivity contribution in [2.75, 3.05) is 52.2 Å². The second-order valence-corrected chi connectivity index (χ2v) is 14.9. The van der Waals surface area contributed by atoms with Gasteiger partial charge >= 0.3 is 12.2 Å². The molecular weight excluding hydrogens is 576 g/mol. The van der Waals surface area contributed by atoms with Gasteiger partial charge in [0.2, 0.25) is 5.88 Å². The van der Waals surface area contributed by atoms with Crippen LogP contribution in [0, 0.1) is 5.92 Å². The molecule has 4 aliphatic rings. The Morgan fingerprint density at radius 3 is 2.33 bits per heavy atom. The van der Waals surface area contributed by atoms with Gasteiger partial charge in [0.25, 0.3) is 0 Å².